The SMILES string of the molecule is O=C(Nc1ccc(F)cc1Br)C1Cc2nc[nH]c2CN1. The molecule has 104 valence electrons. The summed E-state index contributed by atoms with van der Waals surface area (Å²) in [7, 11) is 0. The number of aromatic nitrogens is 2. The molecule has 0 saturated carbocycles. The zero-order valence-corrected chi connectivity index (χ0v) is 12.0. The molecule has 0 aliphatic carbocycles. The quantitative estimate of drug-likeness (QED) is 0.784. The maximum absolute atomic E-state index is 13.0. The van der Waals surface area contributed by atoms with Gasteiger partial charge in [-0.25, -0.2) is 9.37 Å². The largest absolute Gasteiger partial charge is 0.347 e. The number of fused-ring (bicyclic) bond motifs is 1. The van der Waals surface area contributed by atoms with Crippen molar-refractivity contribution in [1.29, 1.82) is 0 Å². The van der Waals surface area contributed by atoms with E-state index >= 15 is 0 Å². The number of nitrogens with zero attached hydrogens (tertiary/aromatic N) is 1. The predicted molar refractivity (Wildman–Crippen MR) is 75.6 cm³/mol. The highest BCUT2D eigenvalue weighted by molar-refractivity contribution is 9.10. The van der Waals surface area contributed by atoms with Crippen LogP contribution >= 0.6 is 15.9 Å². The second-order valence-corrected chi connectivity index (χ2v) is 5.43. The number of H-pyrrole nitrogens is 1. The van der Waals surface area contributed by atoms with Crippen molar-refractivity contribution in [3.05, 3.63) is 46.2 Å². The van der Waals surface area contributed by atoms with Gasteiger partial charge >= 0.3 is 0 Å². The molecule has 0 radical (unpaired) electrons. The molecule has 1 atom stereocenters. The van der Waals surface area contributed by atoms with E-state index in [2.05, 4.69) is 36.5 Å². The first kappa shape index (κ1) is 13.3. The van der Waals surface area contributed by atoms with E-state index in [-0.39, 0.29) is 17.8 Å². The van der Waals surface area contributed by atoms with Gasteiger partial charge in [-0.2, -0.15) is 0 Å². The lowest BCUT2D eigenvalue weighted by atomic mass is 10.0. The molecule has 0 spiro atoms. The first-order chi connectivity index (χ1) is 9.63. The molecule has 3 rings (SSSR count). The highest BCUT2D eigenvalue weighted by Crippen LogP contribution is 2.23. The Labute approximate surface area is 123 Å². The molecule has 20 heavy (non-hydrogen) atoms. The molecule has 1 aliphatic rings. The molecule has 1 unspecified atom stereocenters. The van der Waals surface area contributed by atoms with Crippen LogP contribution in [0.15, 0.2) is 29.0 Å². The Morgan fingerprint density at radius 1 is 1.50 bits per heavy atom. The molecular formula is C13H12BrFN4O. The third-order valence-electron chi connectivity index (χ3n) is 3.24. The van der Waals surface area contributed by atoms with Gasteiger partial charge in [0.1, 0.15) is 5.82 Å². The van der Waals surface area contributed by atoms with Crippen molar-refractivity contribution < 1.29 is 9.18 Å². The van der Waals surface area contributed by atoms with Crippen LogP contribution in [-0.2, 0) is 17.8 Å². The second-order valence-electron chi connectivity index (χ2n) is 4.58. The third-order valence-corrected chi connectivity index (χ3v) is 3.89. The van der Waals surface area contributed by atoms with Crippen LogP contribution in [0.4, 0.5) is 10.1 Å². The standard InChI is InChI=1S/C13H12BrFN4O/c14-8-3-7(15)1-2-9(8)19-13(20)11-4-10-12(5-16-11)18-6-17-10/h1-3,6,11,16H,4-5H2,(H,17,18)(H,19,20). The molecule has 2 heterocycles. The smallest absolute Gasteiger partial charge is 0.241 e. The molecule has 1 aromatic heterocycles. The highest BCUT2D eigenvalue weighted by atomic mass is 79.9. The number of carbonyl (C=O) groups is 1. The minimum Gasteiger partial charge on any atom is -0.347 e. The minimum absolute atomic E-state index is 0.161. The Bertz CT molecular complexity index is 658. The van der Waals surface area contributed by atoms with E-state index in [4.69, 9.17) is 0 Å². The molecule has 0 saturated heterocycles. The molecule has 0 bridgehead atoms. The fourth-order valence-corrected chi connectivity index (χ4v) is 2.62. The monoisotopic (exact) mass is 338 g/mol. The number of aromatic amines is 1. The van der Waals surface area contributed by atoms with Crippen molar-refractivity contribution >= 4 is 27.5 Å². The lowest BCUT2D eigenvalue weighted by molar-refractivity contribution is -0.118. The Hall–Kier alpha value is -1.73. The number of imidazole rings is 1. The van der Waals surface area contributed by atoms with Gasteiger partial charge < -0.3 is 10.3 Å². The van der Waals surface area contributed by atoms with E-state index in [1.807, 2.05) is 0 Å². The molecule has 3 N–H and O–H groups in total. The van der Waals surface area contributed by atoms with Crippen molar-refractivity contribution in [1.82, 2.24) is 15.3 Å². The number of anilines is 1. The van der Waals surface area contributed by atoms with Crippen molar-refractivity contribution in [2.75, 3.05) is 5.32 Å². The second kappa shape index (κ2) is 5.34. The van der Waals surface area contributed by atoms with Gasteiger partial charge in [0.2, 0.25) is 5.91 Å². The average Bonchev–Trinajstić information content (AvgIpc) is 2.89. The van der Waals surface area contributed by atoms with Crippen LogP contribution in [0, 0.1) is 5.82 Å². The number of hydrogen-bond acceptors (Lipinski definition) is 3. The van der Waals surface area contributed by atoms with Crippen molar-refractivity contribution in [2.45, 2.75) is 19.0 Å². The summed E-state index contributed by atoms with van der Waals surface area (Å²) in [5.74, 6) is -0.516. The van der Waals surface area contributed by atoms with Gasteiger partial charge in [-0.15, -0.1) is 0 Å². The highest BCUT2D eigenvalue weighted by Gasteiger charge is 2.26. The Balaban J connectivity index is 1.71. The molecule has 1 amide bonds. The molecule has 1 aromatic carbocycles. The van der Waals surface area contributed by atoms with E-state index in [9.17, 15) is 9.18 Å². The van der Waals surface area contributed by atoms with Crippen molar-refractivity contribution in [3.8, 4) is 0 Å². The molecule has 7 heteroatoms. The van der Waals surface area contributed by atoms with E-state index in [1.165, 1.54) is 18.2 Å². The molecular weight excluding hydrogens is 327 g/mol. The Kier molecular flexibility index (Phi) is 3.54. The lowest BCUT2D eigenvalue weighted by Gasteiger charge is -2.22. The predicted octanol–water partition coefficient (Wildman–Crippen LogP) is 1.96. The molecule has 1 aliphatic heterocycles. The van der Waals surface area contributed by atoms with Crippen LogP contribution < -0.4 is 10.6 Å². The average molecular weight is 339 g/mol. The van der Waals surface area contributed by atoms with Crippen LogP contribution in [0.2, 0.25) is 0 Å². The summed E-state index contributed by atoms with van der Waals surface area (Å²) in [5, 5.41) is 5.92. The first-order valence-electron chi connectivity index (χ1n) is 6.14. The Morgan fingerprint density at radius 3 is 3.15 bits per heavy atom. The van der Waals surface area contributed by atoms with E-state index in [1.54, 1.807) is 6.33 Å². The summed E-state index contributed by atoms with van der Waals surface area (Å²) in [6.07, 6.45) is 2.16. The van der Waals surface area contributed by atoms with Gasteiger partial charge in [0, 0.05) is 17.4 Å². The van der Waals surface area contributed by atoms with Gasteiger partial charge in [0.05, 0.1) is 29.4 Å². The number of halogens is 2. The minimum atomic E-state index is -0.355. The number of amides is 1. The van der Waals surface area contributed by atoms with Gasteiger partial charge in [-0.05, 0) is 34.1 Å². The number of carbonyl (C=O) groups excluding carboxylic acids is 1. The summed E-state index contributed by atoms with van der Waals surface area (Å²) in [6, 6.07) is 3.80. The Morgan fingerprint density at radius 2 is 2.35 bits per heavy atom. The summed E-state index contributed by atoms with van der Waals surface area (Å²) in [5.41, 5.74) is 2.46. The topological polar surface area (TPSA) is 69.8 Å². The fraction of sp³-hybridized carbons (Fsp3) is 0.231. The van der Waals surface area contributed by atoms with E-state index in [0.717, 1.165) is 11.4 Å². The fourth-order valence-electron chi connectivity index (χ4n) is 2.17. The molecule has 0 fully saturated rings. The summed E-state index contributed by atoms with van der Waals surface area (Å²) < 4.78 is 13.5. The first-order valence-corrected chi connectivity index (χ1v) is 6.93. The third kappa shape index (κ3) is 2.59. The summed E-state index contributed by atoms with van der Waals surface area (Å²) in [4.78, 5) is 19.4. The zero-order chi connectivity index (χ0) is 14.1. The van der Waals surface area contributed by atoms with Crippen LogP contribution in [0.1, 0.15) is 11.4 Å². The van der Waals surface area contributed by atoms with Gasteiger partial charge in [0.25, 0.3) is 0 Å². The zero-order valence-electron chi connectivity index (χ0n) is 10.4. The number of nitrogens with one attached hydrogen (secondary N) is 3. The molecule has 5 nitrogen and oxygen atoms in total. The summed E-state index contributed by atoms with van der Waals surface area (Å²) in [6.45, 7) is 0.581. The number of hydrogen-bond donors (Lipinski definition) is 3. The summed E-state index contributed by atoms with van der Waals surface area (Å²) >= 11 is 3.23. The van der Waals surface area contributed by atoms with E-state index < -0.39 is 0 Å². The van der Waals surface area contributed by atoms with Crippen LogP contribution in [0.25, 0.3) is 0 Å². The number of benzene rings is 1. The van der Waals surface area contributed by atoms with E-state index in [0.29, 0.717) is 23.1 Å². The number of rotatable bonds is 2. The maximum atomic E-state index is 13.0. The van der Waals surface area contributed by atoms with Gasteiger partial charge in [0.15, 0.2) is 0 Å². The van der Waals surface area contributed by atoms with Crippen molar-refractivity contribution in [2.24, 2.45) is 0 Å². The lowest BCUT2D eigenvalue weighted by Crippen LogP contribution is -2.44. The van der Waals surface area contributed by atoms with Crippen LogP contribution in [0.5, 0.6) is 0 Å². The normalized spacial score (nSPS) is 17.6. The van der Waals surface area contributed by atoms with Gasteiger partial charge in [-0.3, -0.25) is 10.1 Å². The maximum Gasteiger partial charge on any atom is 0.241 e. The molecule has 2 aromatic rings. The van der Waals surface area contributed by atoms with Gasteiger partial charge in [-0.1, -0.05) is 0 Å². The van der Waals surface area contributed by atoms with Crippen LogP contribution in [0.3, 0.4) is 0 Å². The van der Waals surface area contributed by atoms with Crippen molar-refractivity contribution in [3.63, 3.8) is 0 Å². The van der Waals surface area contributed by atoms with Crippen LogP contribution in [-0.4, -0.2) is 21.9 Å².